The molecule has 66 valence electrons. The maximum absolute atomic E-state index is 5.87. The van der Waals surface area contributed by atoms with E-state index in [1.54, 1.807) is 0 Å². The van der Waals surface area contributed by atoms with Crippen LogP contribution in [0.3, 0.4) is 0 Å². The van der Waals surface area contributed by atoms with Crippen molar-refractivity contribution in [1.82, 2.24) is 0 Å². The fraction of sp³-hybridized carbons (Fsp3) is 0.455. The van der Waals surface area contributed by atoms with Gasteiger partial charge in [0.05, 0.1) is 0 Å². The molecule has 0 aliphatic heterocycles. The van der Waals surface area contributed by atoms with Crippen molar-refractivity contribution >= 4 is 0 Å². The second kappa shape index (κ2) is 4.27. The Morgan fingerprint density at radius 1 is 1.50 bits per heavy atom. The Bertz CT molecular complexity index is 223. The van der Waals surface area contributed by atoms with Crippen LogP contribution in [0, 0.1) is 0 Å². The molecule has 1 aliphatic rings. The second-order valence-electron chi connectivity index (χ2n) is 3.24. The molecule has 1 atom stereocenters. The first-order valence-electron chi connectivity index (χ1n) is 4.50. The van der Waals surface area contributed by atoms with Crippen LogP contribution >= 0.6 is 0 Å². The first-order chi connectivity index (χ1) is 5.77. The van der Waals surface area contributed by atoms with Gasteiger partial charge in [-0.2, -0.15) is 0 Å². The van der Waals surface area contributed by atoms with E-state index in [4.69, 9.17) is 5.73 Å². The fourth-order valence-electron chi connectivity index (χ4n) is 1.66. The molecule has 0 amide bonds. The van der Waals surface area contributed by atoms with Gasteiger partial charge in [0, 0.05) is 6.04 Å². The van der Waals surface area contributed by atoms with Crippen molar-refractivity contribution in [3.8, 4) is 0 Å². The summed E-state index contributed by atoms with van der Waals surface area (Å²) in [6.45, 7) is 5.79. The monoisotopic (exact) mass is 163 g/mol. The Hall–Kier alpha value is -0.820. The van der Waals surface area contributed by atoms with Gasteiger partial charge in [0.2, 0.25) is 0 Å². The molecular weight excluding hydrogens is 146 g/mol. The molecule has 2 N–H and O–H groups in total. The van der Waals surface area contributed by atoms with Gasteiger partial charge < -0.3 is 5.73 Å². The van der Waals surface area contributed by atoms with Crippen LogP contribution in [-0.4, -0.2) is 6.04 Å². The summed E-state index contributed by atoms with van der Waals surface area (Å²) in [6.07, 6.45) is 9.35. The van der Waals surface area contributed by atoms with E-state index in [-0.39, 0.29) is 0 Å². The van der Waals surface area contributed by atoms with Gasteiger partial charge in [0.15, 0.2) is 0 Å². The molecule has 0 aromatic heterocycles. The van der Waals surface area contributed by atoms with Crippen molar-refractivity contribution in [2.24, 2.45) is 5.73 Å². The van der Waals surface area contributed by atoms with Crippen LogP contribution in [0.5, 0.6) is 0 Å². The summed E-state index contributed by atoms with van der Waals surface area (Å²) in [6, 6.07) is 0.347. The quantitative estimate of drug-likeness (QED) is 0.631. The minimum Gasteiger partial charge on any atom is -0.327 e. The highest BCUT2D eigenvalue weighted by molar-refractivity contribution is 5.35. The molecule has 1 rings (SSSR count). The highest BCUT2D eigenvalue weighted by Crippen LogP contribution is 2.27. The van der Waals surface area contributed by atoms with E-state index in [0.29, 0.717) is 6.04 Å². The SMILES string of the molecule is C=C/C=C1/CC(N)CC/C1=C/C. The highest BCUT2D eigenvalue weighted by atomic mass is 14.6. The third-order valence-corrected chi connectivity index (χ3v) is 2.35. The zero-order chi connectivity index (χ0) is 8.97. The van der Waals surface area contributed by atoms with Gasteiger partial charge in [-0.1, -0.05) is 24.8 Å². The normalized spacial score (nSPS) is 31.0. The van der Waals surface area contributed by atoms with E-state index >= 15 is 0 Å². The molecule has 1 unspecified atom stereocenters. The summed E-state index contributed by atoms with van der Waals surface area (Å²) in [5.74, 6) is 0. The Balaban J connectivity index is 2.78. The van der Waals surface area contributed by atoms with Crippen LogP contribution in [0.25, 0.3) is 0 Å². The number of rotatable bonds is 1. The third-order valence-electron chi connectivity index (χ3n) is 2.35. The van der Waals surface area contributed by atoms with Crippen LogP contribution in [0.4, 0.5) is 0 Å². The largest absolute Gasteiger partial charge is 0.327 e. The molecule has 0 heterocycles. The zero-order valence-electron chi connectivity index (χ0n) is 7.72. The van der Waals surface area contributed by atoms with E-state index < -0.39 is 0 Å². The van der Waals surface area contributed by atoms with Gasteiger partial charge in [-0.3, -0.25) is 0 Å². The van der Waals surface area contributed by atoms with Crippen molar-refractivity contribution in [3.63, 3.8) is 0 Å². The summed E-state index contributed by atoms with van der Waals surface area (Å²) in [5.41, 5.74) is 8.68. The van der Waals surface area contributed by atoms with Gasteiger partial charge in [0.1, 0.15) is 0 Å². The molecule has 1 nitrogen and oxygen atoms in total. The van der Waals surface area contributed by atoms with Crippen LogP contribution in [0.2, 0.25) is 0 Å². The van der Waals surface area contributed by atoms with Gasteiger partial charge in [-0.15, -0.1) is 0 Å². The summed E-state index contributed by atoms with van der Waals surface area (Å²) in [7, 11) is 0. The highest BCUT2D eigenvalue weighted by Gasteiger charge is 2.15. The molecule has 12 heavy (non-hydrogen) atoms. The van der Waals surface area contributed by atoms with E-state index in [1.807, 2.05) is 6.08 Å². The summed E-state index contributed by atoms with van der Waals surface area (Å²) >= 11 is 0. The molecule has 1 saturated carbocycles. The molecule has 0 aromatic carbocycles. The van der Waals surface area contributed by atoms with Crippen LogP contribution in [-0.2, 0) is 0 Å². The second-order valence-corrected chi connectivity index (χ2v) is 3.24. The summed E-state index contributed by atoms with van der Waals surface area (Å²) in [4.78, 5) is 0. The van der Waals surface area contributed by atoms with Gasteiger partial charge in [0.25, 0.3) is 0 Å². The molecule has 1 fully saturated rings. The predicted octanol–water partition coefficient (Wildman–Crippen LogP) is 2.56. The lowest BCUT2D eigenvalue weighted by molar-refractivity contribution is 0.571. The van der Waals surface area contributed by atoms with E-state index in [2.05, 4.69) is 25.7 Å². The van der Waals surface area contributed by atoms with Gasteiger partial charge in [-0.25, -0.2) is 0 Å². The molecular formula is C11H17N. The Kier molecular flexibility index (Phi) is 3.30. The third kappa shape index (κ3) is 2.08. The molecule has 0 aromatic rings. The molecule has 0 saturated heterocycles. The molecule has 0 spiro atoms. The topological polar surface area (TPSA) is 26.0 Å². The van der Waals surface area contributed by atoms with Gasteiger partial charge in [-0.05, 0) is 37.3 Å². The Morgan fingerprint density at radius 2 is 2.25 bits per heavy atom. The Labute approximate surface area is 74.7 Å². The molecule has 1 heteroatoms. The average Bonchev–Trinajstić information content (AvgIpc) is 2.05. The van der Waals surface area contributed by atoms with Crippen LogP contribution in [0.15, 0.2) is 36.0 Å². The van der Waals surface area contributed by atoms with Crippen molar-refractivity contribution in [2.45, 2.75) is 32.2 Å². The lowest BCUT2D eigenvalue weighted by atomic mass is 9.86. The lowest BCUT2D eigenvalue weighted by Crippen LogP contribution is -2.24. The van der Waals surface area contributed by atoms with Crippen molar-refractivity contribution in [2.75, 3.05) is 0 Å². The molecule has 0 radical (unpaired) electrons. The van der Waals surface area contributed by atoms with E-state index in [1.165, 1.54) is 11.1 Å². The van der Waals surface area contributed by atoms with Crippen LogP contribution < -0.4 is 5.73 Å². The van der Waals surface area contributed by atoms with E-state index in [0.717, 1.165) is 19.3 Å². The van der Waals surface area contributed by atoms with Crippen molar-refractivity contribution in [1.29, 1.82) is 0 Å². The molecule has 1 aliphatic carbocycles. The Morgan fingerprint density at radius 3 is 2.83 bits per heavy atom. The minimum atomic E-state index is 0.347. The summed E-state index contributed by atoms with van der Waals surface area (Å²) < 4.78 is 0. The zero-order valence-corrected chi connectivity index (χ0v) is 7.72. The smallest absolute Gasteiger partial charge is 0.00825 e. The maximum atomic E-state index is 5.87. The first-order valence-corrected chi connectivity index (χ1v) is 4.50. The van der Waals surface area contributed by atoms with E-state index in [9.17, 15) is 0 Å². The standard InChI is InChI=1S/C11H17N/c1-3-5-10-8-11(12)7-6-9(10)4-2/h3-5,11H,1,6-8,12H2,2H3/b9-4-,10-5-. The number of hydrogen-bond acceptors (Lipinski definition) is 1. The minimum absolute atomic E-state index is 0.347. The van der Waals surface area contributed by atoms with Gasteiger partial charge >= 0.3 is 0 Å². The first kappa shape index (κ1) is 9.27. The molecule has 0 bridgehead atoms. The van der Waals surface area contributed by atoms with Crippen molar-refractivity contribution in [3.05, 3.63) is 36.0 Å². The lowest BCUT2D eigenvalue weighted by Gasteiger charge is -2.23. The maximum Gasteiger partial charge on any atom is 0.00825 e. The number of hydrogen-bond donors (Lipinski definition) is 1. The fourth-order valence-corrected chi connectivity index (χ4v) is 1.66. The summed E-state index contributed by atoms with van der Waals surface area (Å²) in [5, 5.41) is 0. The average molecular weight is 163 g/mol. The van der Waals surface area contributed by atoms with Crippen molar-refractivity contribution < 1.29 is 0 Å². The van der Waals surface area contributed by atoms with Crippen LogP contribution in [0.1, 0.15) is 26.2 Å². The number of allylic oxidation sites excluding steroid dienone is 4. The predicted molar refractivity (Wildman–Crippen MR) is 53.9 cm³/mol. The number of nitrogens with two attached hydrogens (primary N) is 1.